The molecular formula is C22H25N3O3. The zero-order valence-corrected chi connectivity index (χ0v) is 16.4. The van der Waals surface area contributed by atoms with Crippen molar-refractivity contribution >= 4 is 11.6 Å². The number of methoxy groups -OCH3 is 1. The van der Waals surface area contributed by atoms with Gasteiger partial charge in [-0.25, -0.2) is 0 Å². The van der Waals surface area contributed by atoms with E-state index in [1.807, 2.05) is 24.1 Å². The summed E-state index contributed by atoms with van der Waals surface area (Å²) in [6.07, 6.45) is 2.28. The molecule has 1 amide bonds. The Morgan fingerprint density at radius 1 is 1.11 bits per heavy atom. The third-order valence-corrected chi connectivity index (χ3v) is 5.25. The Morgan fingerprint density at radius 2 is 2.00 bits per heavy atom. The van der Waals surface area contributed by atoms with Gasteiger partial charge in [-0.2, -0.15) is 0 Å². The van der Waals surface area contributed by atoms with Gasteiger partial charge in [0, 0.05) is 43.2 Å². The molecule has 1 aromatic carbocycles. The Kier molecular flexibility index (Phi) is 5.50. The number of aliphatic imine (C=N–C) groups is 1. The van der Waals surface area contributed by atoms with E-state index in [0.717, 1.165) is 22.5 Å². The highest BCUT2D eigenvalue weighted by atomic mass is 16.5. The molecule has 28 heavy (non-hydrogen) atoms. The summed E-state index contributed by atoms with van der Waals surface area (Å²) in [6.45, 7) is 5.53. The Bertz CT molecular complexity index is 923. The molecule has 2 aliphatic rings. The van der Waals surface area contributed by atoms with Gasteiger partial charge in [0.1, 0.15) is 0 Å². The average Bonchev–Trinajstić information content (AvgIpc) is 3.09. The Hall–Kier alpha value is -2.57. The molecule has 0 spiro atoms. The quantitative estimate of drug-likeness (QED) is 0.693. The first-order valence-electron chi connectivity index (χ1n) is 9.62. The van der Waals surface area contributed by atoms with Crippen LogP contribution in [0.15, 0.2) is 35.5 Å². The monoisotopic (exact) mass is 379 g/mol. The molecule has 0 saturated carbocycles. The van der Waals surface area contributed by atoms with Crippen LogP contribution in [0.25, 0.3) is 0 Å². The van der Waals surface area contributed by atoms with Crippen LogP contribution in [0.3, 0.4) is 0 Å². The normalized spacial score (nSPS) is 15.4. The molecule has 0 radical (unpaired) electrons. The molecule has 2 aliphatic heterocycles. The second-order valence-electron chi connectivity index (χ2n) is 7.23. The molecule has 3 heterocycles. The number of pyridine rings is 1. The summed E-state index contributed by atoms with van der Waals surface area (Å²) < 4.78 is 10.5. The number of hydrogen-bond acceptors (Lipinski definition) is 5. The average molecular weight is 379 g/mol. The van der Waals surface area contributed by atoms with E-state index in [1.54, 1.807) is 7.11 Å². The van der Waals surface area contributed by atoms with Crippen LogP contribution in [0.5, 0.6) is 0 Å². The van der Waals surface area contributed by atoms with Crippen molar-refractivity contribution in [3.63, 3.8) is 0 Å². The van der Waals surface area contributed by atoms with E-state index in [1.165, 1.54) is 16.7 Å². The summed E-state index contributed by atoms with van der Waals surface area (Å²) in [4.78, 5) is 23.4. The highest BCUT2D eigenvalue weighted by Crippen LogP contribution is 2.30. The minimum absolute atomic E-state index is 0.159. The van der Waals surface area contributed by atoms with Crippen LogP contribution in [0.1, 0.15) is 33.5 Å². The largest absolute Gasteiger partial charge is 0.382 e. The number of aryl methyl sites for hydroxylation is 1. The highest BCUT2D eigenvalue weighted by molar-refractivity contribution is 6.15. The number of hydrogen-bond donors (Lipinski definition) is 0. The number of ether oxygens (including phenoxy) is 2. The summed E-state index contributed by atoms with van der Waals surface area (Å²) in [5, 5.41) is 0. The van der Waals surface area contributed by atoms with Gasteiger partial charge in [-0.05, 0) is 41.8 Å². The van der Waals surface area contributed by atoms with Crippen molar-refractivity contribution in [1.29, 1.82) is 0 Å². The van der Waals surface area contributed by atoms with Crippen molar-refractivity contribution in [2.75, 3.05) is 33.5 Å². The van der Waals surface area contributed by atoms with Crippen molar-refractivity contribution in [1.82, 2.24) is 9.88 Å². The maximum absolute atomic E-state index is 12.5. The number of amides is 1. The number of aromatic nitrogens is 1. The fourth-order valence-electron chi connectivity index (χ4n) is 3.78. The fraction of sp³-hybridized carbons (Fsp3) is 0.409. The van der Waals surface area contributed by atoms with Crippen LogP contribution >= 0.6 is 0 Å². The van der Waals surface area contributed by atoms with Gasteiger partial charge >= 0.3 is 0 Å². The minimum atomic E-state index is 0.159. The molecular weight excluding hydrogens is 354 g/mol. The maximum Gasteiger partial charge on any atom is 0.227 e. The number of nitrogens with zero attached hydrogens (tertiary/aromatic N) is 3. The topological polar surface area (TPSA) is 64.0 Å². The van der Waals surface area contributed by atoms with Crippen LogP contribution in [-0.2, 0) is 33.8 Å². The van der Waals surface area contributed by atoms with Gasteiger partial charge in [0.05, 0.1) is 38.5 Å². The first kappa shape index (κ1) is 18.8. The molecule has 0 N–H and O–H groups in total. The van der Waals surface area contributed by atoms with Crippen LogP contribution in [0.2, 0.25) is 0 Å². The Balaban J connectivity index is 1.52. The molecule has 0 unspecified atom stereocenters. The third-order valence-electron chi connectivity index (χ3n) is 5.25. The van der Waals surface area contributed by atoms with Gasteiger partial charge in [-0.1, -0.05) is 6.07 Å². The molecule has 0 atom stereocenters. The van der Waals surface area contributed by atoms with Crippen molar-refractivity contribution in [2.24, 2.45) is 4.99 Å². The zero-order chi connectivity index (χ0) is 19.5. The lowest BCUT2D eigenvalue weighted by molar-refractivity contribution is -0.132. The van der Waals surface area contributed by atoms with Gasteiger partial charge in [0.2, 0.25) is 5.91 Å². The highest BCUT2D eigenvalue weighted by Gasteiger charge is 2.27. The van der Waals surface area contributed by atoms with Crippen molar-refractivity contribution in [3.8, 4) is 0 Å². The van der Waals surface area contributed by atoms with Crippen molar-refractivity contribution < 1.29 is 14.3 Å². The summed E-state index contributed by atoms with van der Waals surface area (Å²) >= 11 is 0. The zero-order valence-electron chi connectivity index (χ0n) is 16.4. The number of carbonyl (C=O) groups is 1. The maximum atomic E-state index is 12.5. The molecule has 0 bridgehead atoms. The van der Waals surface area contributed by atoms with Gasteiger partial charge in [0.25, 0.3) is 0 Å². The third kappa shape index (κ3) is 3.84. The second-order valence-corrected chi connectivity index (χ2v) is 7.23. The van der Waals surface area contributed by atoms with E-state index in [4.69, 9.17) is 14.5 Å². The molecule has 0 aliphatic carbocycles. The Labute approximate surface area is 165 Å². The minimum Gasteiger partial charge on any atom is -0.382 e. The molecule has 0 saturated heterocycles. The first-order chi connectivity index (χ1) is 13.7. The van der Waals surface area contributed by atoms with E-state index < -0.39 is 0 Å². The molecule has 6 nitrogen and oxygen atoms in total. The number of fused-ring (bicyclic) bond motifs is 2. The van der Waals surface area contributed by atoms with E-state index in [9.17, 15) is 4.79 Å². The summed E-state index contributed by atoms with van der Waals surface area (Å²) in [5.74, 6) is 0.159. The van der Waals surface area contributed by atoms with Crippen molar-refractivity contribution in [3.05, 3.63) is 64.0 Å². The van der Waals surface area contributed by atoms with E-state index in [2.05, 4.69) is 23.2 Å². The number of rotatable bonds is 7. The molecule has 0 fully saturated rings. The van der Waals surface area contributed by atoms with Crippen LogP contribution in [0.4, 0.5) is 0 Å². The van der Waals surface area contributed by atoms with Gasteiger partial charge in [-0.3, -0.25) is 14.8 Å². The molecule has 4 rings (SSSR count). The first-order valence-corrected chi connectivity index (χ1v) is 9.62. The lowest BCUT2D eigenvalue weighted by Gasteiger charge is -2.29. The Morgan fingerprint density at radius 3 is 2.82 bits per heavy atom. The number of benzene rings is 1. The molecule has 146 valence electrons. The summed E-state index contributed by atoms with van der Waals surface area (Å²) in [6, 6.07) is 8.46. The van der Waals surface area contributed by atoms with Gasteiger partial charge in [0.15, 0.2) is 0 Å². The second kappa shape index (κ2) is 8.20. The molecule has 6 heteroatoms. The lowest BCUT2D eigenvalue weighted by atomic mass is 9.91. The predicted octanol–water partition coefficient (Wildman–Crippen LogP) is 2.29. The number of carbonyl (C=O) groups excluding carboxylic acids is 1. The summed E-state index contributed by atoms with van der Waals surface area (Å²) in [5.41, 5.74) is 7.81. The van der Waals surface area contributed by atoms with E-state index in [0.29, 0.717) is 45.9 Å². The smallest absolute Gasteiger partial charge is 0.227 e. The van der Waals surface area contributed by atoms with Gasteiger partial charge < -0.3 is 14.4 Å². The fourth-order valence-corrected chi connectivity index (χ4v) is 3.78. The van der Waals surface area contributed by atoms with E-state index >= 15 is 0 Å². The molecule has 1 aromatic heterocycles. The van der Waals surface area contributed by atoms with Crippen LogP contribution in [-0.4, -0.2) is 55.0 Å². The van der Waals surface area contributed by atoms with Gasteiger partial charge in [-0.15, -0.1) is 0 Å². The molecule has 2 aromatic rings. The van der Waals surface area contributed by atoms with Crippen molar-refractivity contribution in [2.45, 2.75) is 26.4 Å². The predicted molar refractivity (Wildman–Crippen MR) is 107 cm³/mol. The SMILES string of the molecule is COCCOCCN1Cc2cc3c(cc2CC1=O)CN=C3c1ccnc(C)c1. The van der Waals surface area contributed by atoms with E-state index in [-0.39, 0.29) is 5.91 Å². The van der Waals surface area contributed by atoms with Crippen LogP contribution in [0, 0.1) is 6.92 Å². The summed E-state index contributed by atoms with van der Waals surface area (Å²) in [7, 11) is 1.65. The standard InChI is InChI=1S/C22H25N3O3/c1-15-9-16(3-4-23-15)22-20-11-19-14-25(5-6-28-8-7-27-2)21(26)12-17(19)10-18(20)13-24-22/h3-4,9-11H,5-8,12-14H2,1-2H3. The van der Waals surface area contributed by atoms with Crippen LogP contribution < -0.4 is 0 Å². The lowest BCUT2D eigenvalue weighted by Crippen LogP contribution is -2.38.